The van der Waals surface area contributed by atoms with Crippen LogP contribution in [0.1, 0.15) is 5.89 Å². The van der Waals surface area contributed by atoms with E-state index in [1.54, 1.807) is 23.0 Å². The molecule has 7 heteroatoms. The number of hydrogen-bond donors (Lipinski definition) is 0. The highest BCUT2D eigenvalue weighted by Gasteiger charge is 2.09. The molecule has 0 radical (unpaired) electrons. The summed E-state index contributed by atoms with van der Waals surface area (Å²) in [6, 6.07) is 5.97. The number of nitrogens with zero attached hydrogens (tertiary/aromatic N) is 4. The molecular formula is C13H10BrFN4O. The maximum atomic E-state index is 12.8. The summed E-state index contributed by atoms with van der Waals surface area (Å²) in [6.07, 6.45) is 4.18. The maximum Gasteiger partial charge on any atom is 0.228 e. The number of aromatic nitrogens is 4. The molecule has 0 aliphatic carbocycles. The third-order valence-corrected chi connectivity index (χ3v) is 3.14. The van der Waals surface area contributed by atoms with Gasteiger partial charge in [0, 0.05) is 24.7 Å². The van der Waals surface area contributed by atoms with Crippen molar-refractivity contribution < 1.29 is 8.91 Å². The number of rotatable bonds is 4. The number of halogens is 2. The molecule has 0 saturated heterocycles. The SMILES string of the molecule is Fc1ccc(-c2noc(CCn3cc(Br)cn3)n2)cc1. The lowest BCUT2D eigenvalue weighted by molar-refractivity contribution is 0.369. The van der Waals surface area contributed by atoms with Gasteiger partial charge in [-0.3, -0.25) is 4.68 Å². The van der Waals surface area contributed by atoms with E-state index >= 15 is 0 Å². The third-order valence-electron chi connectivity index (χ3n) is 2.73. The topological polar surface area (TPSA) is 56.7 Å². The van der Waals surface area contributed by atoms with E-state index < -0.39 is 0 Å². The van der Waals surface area contributed by atoms with Gasteiger partial charge in [-0.15, -0.1) is 0 Å². The van der Waals surface area contributed by atoms with Crippen LogP contribution in [0.15, 0.2) is 45.7 Å². The molecule has 20 heavy (non-hydrogen) atoms. The predicted octanol–water partition coefficient (Wildman–Crippen LogP) is 3.08. The Bertz CT molecular complexity index is 707. The van der Waals surface area contributed by atoms with Crippen LogP contribution in [0.2, 0.25) is 0 Å². The lowest BCUT2D eigenvalue weighted by Crippen LogP contribution is -2.01. The maximum absolute atomic E-state index is 12.8. The van der Waals surface area contributed by atoms with Crippen molar-refractivity contribution >= 4 is 15.9 Å². The van der Waals surface area contributed by atoms with E-state index in [0.717, 1.165) is 10.0 Å². The summed E-state index contributed by atoms with van der Waals surface area (Å²) in [5, 5.41) is 8.03. The summed E-state index contributed by atoms with van der Waals surface area (Å²) in [6.45, 7) is 0.649. The molecule has 102 valence electrons. The number of aryl methyl sites for hydroxylation is 2. The van der Waals surface area contributed by atoms with Crippen LogP contribution >= 0.6 is 15.9 Å². The van der Waals surface area contributed by atoms with Gasteiger partial charge in [-0.05, 0) is 40.2 Å². The fourth-order valence-electron chi connectivity index (χ4n) is 1.74. The molecule has 0 aliphatic rings. The van der Waals surface area contributed by atoms with Crippen molar-refractivity contribution in [3.63, 3.8) is 0 Å². The van der Waals surface area contributed by atoms with E-state index in [1.807, 2.05) is 6.20 Å². The first-order valence-corrected chi connectivity index (χ1v) is 6.76. The van der Waals surface area contributed by atoms with Gasteiger partial charge in [0.15, 0.2) is 0 Å². The summed E-state index contributed by atoms with van der Waals surface area (Å²) >= 11 is 3.33. The summed E-state index contributed by atoms with van der Waals surface area (Å²) in [5.41, 5.74) is 0.725. The van der Waals surface area contributed by atoms with Crippen molar-refractivity contribution in [2.24, 2.45) is 0 Å². The van der Waals surface area contributed by atoms with Crippen LogP contribution in [0.5, 0.6) is 0 Å². The van der Waals surface area contributed by atoms with Gasteiger partial charge in [0.25, 0.3) is 0 Å². The third kappa shape index (κ3) is 2.93. The molecule has 0 unspecified atom stereocenters. The van der Waals surface area contributed by atoms with Gasteiger partial charge < -0.3 is 4.52 Å². The van der Waals surface area contributed by atoms with Gasteiger partial charge >= 0.3 is 0 Å². The lowest BCUT2D eigenvalue weighted by atomic mass is 10.2. The molecular weight excluding hydrogens is 327 g/mol. The van der Waals surface area contributed by atoms with E-state index in [9.17, 15) is 4.39 Å². The Morgan fingerprint density at radius 3 is 2.75 bits per heavy atom. The van der Waals surface area contributed by atoms with Gasteiger partial charge in [0.1, 0.15) is 5.82 Å². The van der Waals surface area contributed by atoms with Crippen molar-refractivity contribution in [2.75, 3.05) is 0 Å². The first-order valence-electron chi connectivity index (χ1n) is 5.97. The molecule has 5 nitrogen and oxygen atoms in total. The largest absolute Gasteiger partial charge is 0.339 e. The number of hydrogen-bond acceptors (Lipinski definition) is 4. The Balaban J connectivity index is 1.69. The Hall–Kier alpha value is -2.02. The van der Waals surface area contributed by atoms with Crippen LogP contribution in [-0.4, -0.2) is 19.9 Å². The normalized spacial score (nSPS) is 10.9. The summed E-state index contributed by atoms with van der Waals surface area (Å²) in [4.78, 5) is 4.28. The van der Waals surface area contributed by atoms with Crippen LogP contribution in [-0.2, 0) is 13.0 Å². The molecule has 0 aliphatic heterocycles. The van der Waals surface area contributed by atoms with E-state index in [0.29, 0.717) is 24.7 Å². The first-order chi connectivity index (χ1) is 9.70. The standard InChI is InChI=1S/C13H10BrFN4O/c14-10-7-16-19(8-10)6-5-12-17-13(18-20-12)9-1-3-11(15)4-2-9/h1-4,7-8H,5-6H2. The van der Waals surface area contributed by atoms with E-state index in [-0.39, 0.29) is 5.82 Å². The Kier molecular flexibility index (Phi) is 3.60. The second-order valence-corrected chi connectivity index (χ2v) is 5.11. The Morgan fingerprint density at radius 1 is 1.25 bits per heavy atom. The fraction of sp³-hybridized carbons (Fsp3) is 0.154. The monoisotopic (exact) mass is 336 g/mol. The minimum Gasteiger partial charge on any atom is -0.339 e. The molecule has 0 amide bonds. The highest BCUT2D eigenvalue weighted by molar-refractivity contribution is 9.10. The first kappa shape index (κ1) is 13.0. The van der Waals surface area contributed by atoms with Gasteiger partial charge in [0.2, 0.25) is 11.7 Å². The van der Waals surface area contributed by atoms with Gasteiger partial charge in [-0.1, -0.05) is 5.16 Å². The van der Waals surface area contributed by atoms with E-state index in [4.69, 9.17) is 4.52 Å². The van der Waals surface area contributed by atoms with Crippen LogP contribution < -0.4 is 0 Å². The molecule has 1 aromatic carbocycles. The molecule has 0 N–H and O–H groups in total. The molecule has 3 rings (SSSR count). The predicted molar refractivity (Wildman–Crippen MR) is 73.3 cm³/mol. The molecule has 0 spiro atoms. The Morgan fingerprint density at radius 2 is 2.05 bits per heavy atom. The minimum atomic E-state index is -0.290. The van der Waals surface area contributed by atoms with Gasteiger partial charge in [0.05, 0.1) is 10.7 Å². The molecule has 0 atom stereocenters. The van der Waals surface area contributed by atoms with Crippen LogP contribution in [0.25, 0.3) is 11.4 Å². The van der Waals surface area contributed by atoms with E-state index in [2.05, 4.69) is 31.2 Å². The van der Waals surface area contributed by atoms with E-state index in [1.165, 1.54) is 12.1 Å². The van der Waals surface area contributed by atoms with Crippen LogP contribution in [0.3, 0.4) is 0 Å². The van der Waals surface area contributed by atoms with Gasteiger partial charge in [-0.25, -0.2) is 4.39 Å². The lowest BCUT2D eigenvalue weighted by Gasteiger charge is -1.96. The van der Waals surface area contributed by atoms with Crippen LogP contribution in [0.4, 0.5) is 4.39 Å². The smallest absolute Gasteiger partial charge is 0.228 e. The summed E-state index contributed by atoms with van der Waals surface area (Å²) in [5.74, 6) is 0.694. The zero-order valence-electron chi connectivity index (χ0n) is 10.3. The molecule has 0 saturated carbocycles. The van der Waals surface area contributed by atoms with Gasteiger partial charge in [-0.2, -0.15) is 10.1 Å². The second kappa shape index (κ2) is 5.54. The molecule has 3 aromatic rings. The number of benzene rings is 1. The highest BCUT2D eigenvalue weighted by Crippen LogP contribution is 2.16. The molecule has 0 fully saturated rings. The van der Waals surface area contributed by atoms with Crippen LogP contribution in [0, 0.1) is 5.82 Å². The average Bonchev–Trinajstić information content (AvgIpc) is 3.06. The summed E-state index contributed by atoms with van der Waals surface area (Å²) < 4.78 is 20.7. The molecule has 2 heterocycles. The minimum absolute atomic E-state index is 0.290. The van der Waals surface area contributed by atoms with Crippen molar-refractivity contribution in [1.82, 2.24) is 19.9 Å². The van der Waals surface area contributed by atoms with Crippen molar-refractivity contribution in [3.05, 3.63) is 52.8 Å². The second-order valence-electron chi connectivity index (χ2n) is 4.19. The van der Waals surface area contributed by atoms with Crippen molar-refractivity contribution in [3.8, 4) is 11.4 Å². The highest BCUT2D eigenvalue weighted by atomic mass is 79.9. The Labute approximate surface area is 122 Å². The van der Waals surface area contributed by atoms with Crippen molar-refractivity contribution in [1.29, 1.82) is 0 Å². The molecule has 0 bridgehead atoms. The molecule has 2 aromatic heterocycles. The average molecular weight is 337 g/mol. The summed E-state index contributed by atoms with van der Waals surface area (Å²) in [7, 11) is 0. The fourth-order valence-corrected chi connectivity index (χ4v) is 2.07. The van der Waals surface area contributed by atoms with Crippen molar-refractivity contribution in [2.45, 2.75) is 13.0 Å². The zero-order chi connectivity index (χ0) is 13.9. The quantitative estimate of drug-likeness (QED) is 0.734. The zero-order valence-corrected chi connectivity index (χ0v) is 11.9.